The van der Waals surface area contributed by atoms with Crippen LogP contribution in [-0.2, 0) is 0 Å². The van der Waals surface area contributed by atoms with Crippen molar-refractivity contribution in [1.29, 1.82) is 0 Å². The van der Waals surface area contributed by atoms with Gasteiger partial charge in [-0.2, -0.15) is 0 Å². The number of hydrogen-bond acceptors (Lipinski definition) is 0. The lowest BCUT2D eigenvalue weighted by Crippen LogP contribution is -2.27. The van der Waals surface area contributed by atoms with Gasteiger partial charge >= 0.3 is 0 Å². The number of hydrogen-bond donors (Lipinski definition) is 0. The van der Waals surface area contributed by atoms with Gasteiger partial charge in [-0.3, -0.25) is 0 Å². The van der Waals surface area contributed by atoms with Gasteiger partial charge in [0.2, 0.25) is 0 Å². The Morgan fingerprint density at radius 3 is 1.67 bits per heavy atom. The summed E-state index contributed by atoms with van der Waals surface area (Å²) in [6.45, 7) is 18.8. The average molecular weight is 337 g/mol. The van der Waals surface area contributed by atoms with Crippen LogP contribution in [0.25, 0.3) is 0 Å². The lowest BCUT2D eigenvalue weighted by atomic mass is 9.67. The molecule has 0 unspecified atom stereocenters. The summed E-state index contributed by atoms with van der Waals surface area (Å²) in [4.78, 5) is 0. The second-order valence-corrected chi connectivity index (χ2v) is 10.8. The fraction of sp³-hybridized carbons (Fsp3) is 1.00. The Hall–Kier alpha value is 0. The van der Waals surface area contributed by atoms with Gasteiger partial charge in [-0.05, 0) is 79.4 Å². The molecule has 0 radical (unpaired) electrons. The minimum atomic E-state index is 0.804. The predicted molar refractivity (Wildman–Crippen MR) is 110 cm³/mol. The summed E-state index contributed by atoms with van der Waals surface area (Å²) >= 11 is 0. The molecule has 2 aliphatic rings. The molecule has 0 aromatic rings. The van der Waals surface area contributed by atoms with Crippen LogP contribution in [0.2, 0.25) is 0 Å². The Morgan fingerprint density at radius 2 is 1.29 bits per heavy atom. The van der Waals surface area contributed by atoms with E-state index in [0.717, 1.165) is 40.9 Å². The highest BCUT2D eigenvalue weighted by Crippen LogP contribution is 2.54. The van der Waals surface area contributed by atoms with Crippen LogP contribution in [-0.4, -0.2) is 0 Å². The maximum Gasteiger partial charge on any atom is -0.0295 e. The first-order valence-electron chi connectivity index (χ1n) is 11.1. The molecule has 2 aliphatic carbocycles. The average Bonchev–Trinajstić information content (AvgIpc) is 3.14. The first kappa shape index (κ1) is 22.0. The van der Waals surface area contributed by atoms with Crippen LogP contribution < -0.4 is 0 Å². The van der Waals surface area contributed by atoms with Crippen molar-refractivity contribution in [3.63, 3.8) is 0 Å². The highest BCUT2D eigenvalue weighted by Gasteiger charge is 2.41. The maximum atomic E-state index is 2.36. The summed E-state index contributed by atoms with van der Waals surface area (Å²) < 4.78 is 0. The molecule has 144 valence electrons. The van der Waals surface area contributed by atoms with Crippen LogP contribution >= 0.6 is 0 Å². The van der Waals surface area contributed by atoms with E-state index in [4.69, 9.17) is 0 Å². The van der Waals surface area contributed by atoms with Crippen molar-refractivity contribution in [2.75, 3.05) is 0 Å². The molecule has 0 nitrogen and oxygen atoms in total. The van der Waals surface area contributed by atoms with E-state index in [1.165, 1.54) is 57.8 Å². The zero-order chi connectivity index (χ0) is 18.3. The summed E-state index contributed by atoms with van der Waals surface area (Å²) in [7, 11) is 0. The first-order valence-corrected chi connectivity index (χ1v) is 11.1. The van der Waals surface area contributed by atoms with E-state index in [9.17, 15) is 0 Å². The molecule has 0 bridgehead atoms. The molecule has 0 amide bonds. The molecular weight excluding hydrogens is 288 g/mol. The van der Waals surface area contributed by atoms with Gasteiger partial charge in [0.15, 0.2) is 0 Å². The van der Waals surface area contributed by atoms with E-state index in [1.807, 2.05) is 0 Å². The normalized spacial score (nSPS) is 25.0. The van der Waals surface area contributed by atoms with Crippen LogP contribution in [0.3, 0.4) is 0 Å². The monoisotopic (exact) mass is 336 g/mol. The summed E-state index contributed by atoms with van der Waals surface area (Å²) in [6, 6.07) is 0. The third-order valence-corrected chi connectivity index (χ3v) is 6.42. The second kappa shape index (κ2) is 10.2. The van der Waals surface area contributed by atoms with Crippen molar-refractivity contribution in [2.45, 2.75) is 113 Å². The maximum absolute atomic E-state index is 2.36. The second-order valence-electron chi connectivity index (χ2n) is 10.8. The fourth-order valence-electron chi connectivity index (χ4n) is 4.33. The van der Waals surface area contributed by atoms with Gasteiger partial charge in [0.05, 0.1) is 0 Å². The van der Waals surface area contributed by atoms with Gasteiger partial charge in [0, 0.05) is 0 Å². The van der Waals surface area contributed by atoms with Crippen LogP contribution in [0, 0.1) is 40.9 Å². The summed E-state index contributed by atoms with van der Waals surface area (Å²) in [5, 5.41) is 0. The van der Waals surface area contributed by atoms with Gasteiger partial charge in [0.1, 0.15) is 0 Å². The van der Waals surface area contributed by atoms with Crippen molar-refractivity contribution in [1.82, 2.24) is 0 Å². The molecule has 0 heterocycles. The van der Waals surface area contributed by atoms with E-state index in [2.05, 4.69) is 55.4 Å². The highest BCUT2D eigenvalue weighted by atomic mass is 14.5. The molecule has 0 heteroatoms. The quantitative estimate of drug-likeness (QED) is 0.397. The number of rotatable bonds is 9. The standard InChI is InChI=1S/2C12H24/c1-9(2)5-6-11-7-12(8-11)10(3)4;1-10(2)5-6-12(7-8-12)9-11(3)4/h9-12H,5-8H2,1-4H3;10-11H,5-9H2,1-4H3. The zero-order valence-corrected chi connectivity index (χ0v) is 18.3. The Bertz CT molecular complexity index is 310. The summed E-state index contributed by atoms with van der Waals surface area (Å²) in [5.74, 6) is 5.78. The van der Waals surface area contributed by atoms with E-state index >= 15 is 0 Å². The van der Waals surface area contributed by atoms with E-state index in [-0.39, 0.29) is 0 Å². The summed E-state index contributed by atoms with van der Waals surface area (Å²) in [6.07, 6.45) is 13.4. The molecule has 24 heavy (non-hydrogen) atoms. The Morgan fingerprint density at radius 1 is 0.750 bits per heavy atom. The SMILES string of the molecule is CC(C)CCC1(CC(C)C)CC1.CC(C)CCC1CC(C(C)C)C1. The van der Waals surface area contributed by atoms with Gasteiger partial charge in [-0.25, -0.2) is 0 Å². The van der Waals surface area contributed by atoms with Crippen LogP contribution in [0.15, 0.2) is 0 Å². The molecule has 0 aromatic carbocycles. The minimum absolute atomic E-state index is 0.804. The molecule has 0 saturated heterocycles. The van der Waals surface area contributed by atoms with Crippen LogP contribution in [0.4, 0.5) is 0 Å². The molecule has 2 saturated carbocycles. The molecule has 0 aromatic heterocycles. The predicted octanol–water partition coefficient (Wildman–Crippen LogP) is 8.35. The molecule has 0 N–H and O–H groups in total. The molecule has 0 atom stereocenters. The zero-order valence-electron chi connectivity index (χ0n) is 18.3. The highest BCUT2D eigenvalue weighted by molar-refractivity contribution is 4.93. The molecular formula is C24H48. The van der Waals surface area contributed by atoms with Crippen molar-refractivity contribution in [3.05, 3.63) is 0 Å². The van der Waals surface area contributed by atoms with Crippen molar-refractivity contribution in [2.24, 2.45) is 40.9 Å². The fourth-order valence-corrected chi connectivity index (χ4v) is 4.33. The molecule has 2 rings (SSSR count). The lowest BCUT2D eigenvalue weighted by molar-refractivity contribution is 0.128. The largest absolute Gasteiger partial charge is 0.0628 e. The van der Waals surface area contributed by atoms with Crippen molar-refractivity contribution >= 4 is 0 Å². The van der Waals surface area contributed by atoms with Crippen LogP contribution in [0.5, 0.6) is 0 Å². The smallest absolute Gasteiger partial charge is 0.0295 e. The van der Waals surface area contributed by atoms with E-state index < -0.39 is 0 Å². The van der Waals surface area contributed by atoms with Gasteiger partial charge in [-0.15, -0.1) is 0 Å². The molecule has 0 aliphatic heterocycles. The van der Waals surface area contributed by atoms with Crippen LogP contribution in [0.1, 0.15) is 113 Å². The molecule has 0 spiro atoms. The Labute approximate surface area is 154 Å². The molecule has 2 fully saturated rings. The van der Waals surface area contributed by atoms with E-state index in [1.54, 1.807) is 0 Å². The lowest BCUT2D eigenvalue weighted by Gasteiger charge is -2.38. The van der Waals surface area contributed by atoms with Crippen molar-refractivity contribution < 1.29 is 0 Å². The first-order chi connectivity index (χ1) is 11.1. The van der Waals surface area contributed by atoms with Crippen molar-refractivity contribution in [3.8, 4) is 0 Å². The topological polar surface area (TPSA) is 0 Å². The Balaban J connectivity index is 0.000000240. The van der Waals surface area contributed by atoms with Gasteiger partial charge in [0.25, 0.3) is 0 Å². The van der Waals surface area contributed by atoms with Gasteiger partial charge < -0.3 is 0 Å². The summed E-state index contributed by atoms with van der Waals surface area (Å²) in [5.41, 5.74) is 0.804. The third-order valence-electron chi connectivity index (χ3n) is 6.42. The third kappa shape index (κ3) is 8.91. The van der Waals surface area contributed by atoms with Gasteiger partial charge in [-0.1, -0.05) is 74.7 Å². The Kier molecular flexibility index (Phi) is 9.39. The minimum Gasteiger partial charge on any atom is -0.0628 e. The van der Waals surface area contributed by atoms with E-state index in [0.29, 0.717) is 0 Å².